The van der Waals surface area contributed by atoms with E-state index in [0.29, 0.717) is 5.75 Å². The van der Waals surface area contributed by atoms with E-state index in [2.05, 4.69) is 0 Å². The number of alkyl halides is 3. The smallest absolute Gasteiger partial charge is 0.507 e. The molecule has 0 unspecified atom stereocenters. The van der Waals surface area contributed by atoms with E-state index in [0.717, 1.165) is 10.8 Å². The van der Waals surface area contributed by atoms with E-state index < -0.39 is 15.6 Å². The number of halogens is 3. The third-order valence-corrected chi connectivity index (χ3v) is 2.64. The van der Waals surface area contributed by atoms with E-state index in [1.165, 1.54) is 0 Å². The molecule has 0 atom stereocenters. The fourth-order valence-electron chi connectivity index (χ4n) is 1.21. The van der Waals surface area contributed by atoms with Crippen LogP contribution in [0.3, 0.4) is 0 Å². The molecule has 0 saturated carbocycles. The van der Waals surface area contributed by atoms with Crippen LogP contribution in [0.25, 0.3) is 10.8 Å². The minimum Gasteiger partial charge on any atom is -0.507 e. The lowest BCUT2D eigenvalue weighted by Gasteiger charge is -1.97. The molecule has 19 heavy (non-hydrogen) atoms. The minimum atomic E-state index is -5.84. The zero-order valence-electron chi connectivity index (χ0n) is 9.29. The predicted molar refractivity (Wildman–Crippen MR) is 63.2 cm³/mol. The second-order valence-corrected chi connectivity index (χ2v) is 4.83. The molecule has 0 fully saturated rings. The summed E-state index contributed by atoms with van der Waals surface area (Å²) in [6.07, 6.45) is 0. The topological polar surface area (TPSA) is 74.6 Å². The van der Waals surface area contributed by atoms with Gasteiger partial charge >= 0.3 is 15.6 Å². The van der Waals surface area contributed by atoms with E-state index in [1.807, 2.05) is 36.4 Å². The Bertz CT molecular complexity index is 660. The van der Waals surface area contributed by atoms with Gasteiger partial charge in [0.25, 0.3) is 0 Å². The van der Waals surface area contributed by atoms with Gasteiger partial charge in [0.05, 0.1) is 0 Å². The van der Waals surface area contributed by atoms with Gasteiger partial charge in [-0.05, 0) is 11.5 Å². The van der Waals surface area contributed by atoms with E-state index in [-0.39, 0.29) is 0 Å². The van der Waals surface area contributed by atoms with Crippen molar-refractivity contribution in [1.29, 1.82) is 0 Å². The van der Waals surface area contributed by atoms with E-state index in [1.54, 1.807) is 6.07 Å². The summed E-state index contributed by atoms with van der Waals surface area (Å²) in [6, 6.07) is 13.3. The maximum Gasteiger partial charge on any atom is 0.522 e. The van der Waals surface area contributed by atoms with Crippen molar-refractivity contribution in [3.05, 3.63) is 42.5 Å². The van der Waals surface area contributed by atoms with Gasteiger partial charge in [0.15, 0.2) is 0 Å². The molecule has 0 bridgehead atoms. The highest BCUT2D eigenvalue weighted by atomic mass is 32.2. The van der Waals surface area contributed by atoms with Crippen LogP contribution in [-0.2, 0) is 10.1 Å². The summed E-state index contributed by atoms with van der Waals surface area (Å²) in [5.74, 6) is 0.350. The van der Waals surface area contributed by atoms with Crippen molar-refractivity contribution in [1.82, 2.24) is 0 Å². The van der Waals surface area contributed by atoms with Crippen LogP contribution < -0.4 is 0 Å². The van der Waals surface area contributed by atoms with Crippen LogP contribution >= 0.6 is 0 Å². The molecule has 0 radical (unpaired) electrons. The fourth-order valence-corrected chi connectivity index (χ4v) is 1.21. The molecule has 2 rings (SSSR count). The number of fused-ring (bicyclic) bond motifs is 1. The number of phenols is 1. The quantitative estimate of drug-likeness (QED) is 0.578. The standard InChI is InChI=1S/C10H8O.CHF3O3S/c11-10-7-3-5-8-4-1-2-6-9(8)10;2-1(3,4)8(5,6)7/h1-7,11H;(H,5,6,7). The summed E-state index contributed by atoms with van der Waals surface area (Å²) >= 11 is 0. The van der Waals surface area contributed by atoms with Crippen LogP contribution in [0.1, 0.15) is 0 Å². The molecule has 0 aromatic heterocycles. The molecule has 0 amide bonds. The van der Waals surface area contributed by atoms with Crippen molar-refractivity contribution in [3.63, 3.8) is 0 Å². The number of rotatable bonds is 0. The molecule has 2 aromatic carbocycles. The Hall–Kier alpha value is -1.80. The van der Waals surface area contributed by atoms with Crippen LogP contribution in [0.5, 0.6) is 5.75 Å². The summed E-state index contributed by atoms with van der Waals surface area (Å²) in [5.41, 5.74) is -5.53. The average molecular weight is 294 g/mol. The molecule has 0 aliphatic rings. The molecule has 2 N–H and O–H groups in total. The normalized spacial score (nSPS) is 11.8. The van der Waals surface area contributed by atoms with Crippen LogP contribution in [-0.4, -0.2) is 23.6 Å². The first-order chi connectivity index (χ1) is 8.63. The molecule has 8 heteroatoms. The third-order valence-electron chi connectivity index (χ3n) is 2.06. The molecular formula is C11H9F3O4S. The van der Waals surface area contributed by atoms with Crippen molar-refractivity contribution in [2.75, 3.05) is 0 Å². The molecule has 0 aliphatic heterocycles. The maximum atomic E-state index is 10.7. The second-order valence-electron chi connectivity index (χ2n) is 3.42. The Morgan fingerprint density at radius 2 is 1.42 bits per heavy atom. The highest BCUT2D eigenvalue weighted by molar-refractivity contribution is 7.86. The lowest BCUT2D eigenvalue weighted by atomic mass is 10.1. The SMILES string of the molecule is O=S(=O)(O)C(F)(F)F.Oc1cccc2ccccc12. The van der Waals surface area contributed by atoms with Crippen molar-refractivity contribution >= 4 is 20.9 Å². The van der Waals surface area contributed by atoms with Gasteiger partial charge in [-0.15, -0.1) is 0 Å². The molecule has 0 heterocycles. The van der Waals surface area contributed by atoms with Gasteiger partial charge in [-0.3, -0.25) is 4.55 Å². The maximum absolute atomic E-state index is 10.7. The number of benzene rings is 2. The number of aromatic hydroxyl groups is 1. The Morgan fingerprint density at radius 3 is 1.89 bits per heavy atom. The highest BCUT2D eigenvalue weighted by Gasteiger charge is 2.44. The van der Waals surface area contributed by atoms with Crippen LogP contribution in [0.4, 0.5) is 13.2 Å². The summed E-state index contributed by atoms with van der Waals surface area (Å²) in [6.45, 7) is 0. The number of hydrogen-bond donors (Lipinski definition) is 2. The largest absolute Gasteiger partial charge is 0.522 e. The minimum absolute atomic E-state index is 0.350. The summed E-state index contributed by atoms with van der Waals surface area (Å²) < 4.78 is 57.5. The van der Waals surface area contributed by atoms with Gasteiger partial charge < -0.3 is 5.11 Å². The lowest BCUT2D eigenvalue weighted by molar-refractivity contribution is -0.0510. The van der Waals surface area contributed by atoms with Crippen molar-refractivity contribution < 1.29 is 31.2 Å². The third kappa shape index (κ3) is 4.11. The first kappa shape index (κ1) is 15.3. The van der Waals surface area contributed by atoms with Crippen molar-refractivity contribution in [2.24, 2.45) is 0 Å². The van der Waals surface area contributed by atoms with E-state index in [9.17, 15) is 18.3 Å². The molecule has 2 aromatic rings. The van der Waals surface area contributed by atoms with Gasteiger partial charge in [0.2, 0.25) is 0 Å². The van der Waals surface area contributed by atoms with Crippen molar-refractivity contribution in [2.45, 2.75) is 5.51 Å². The number of phenolic OH excluding ortho intramolecular Hbond substituents is 1. The van der Waals surface area contributed by atoms with Gasteiger partial charge in [-0.25, -0.2) is 0 Å². The van der Waals surface area contributed by atoms with Gasteiger partial charge in [-0.2, -0.15) is 21.6 Å². The molecule has 0 spiro atoms. The molecule has 104 valence electrons. The van der Waals surface area contributed by atoms with Gasteiger partial charge in [0.1, 0.15) is 5.75 Å². The molecule has 0 aliphatic carbocycles. The molecular weight excluding hydrogens is 285 g/mol. The monoisotopic (exact) mass is 294 g/mol. The molecule has 4 nitrogen and oxygen atoms in total. The zero-order valence-corrected chi connectivity index (χ0v) is 10.1. The Kier molecular flexibility index (Phi) is 4.38. The fraction of sp³-hybridized carbons (Fsp3) is 0.0909. The average Bonchev–Trinajstić information content (AvgIpc) is 2.28. The van der Waals surface area contributed by atoms with Gasteiger partial charge in [-0.1, -0.05) is 36.4 Å². The number of hydrogen-bond acceptors (Lipinski definition) is 3. The van der Waals surface area contributed by atoms with Crippen LogP contribution in [0.2, 0.25) is 0 Å². The first-order valence-electron chi connectivity index (χ1n) is 4.83. The zero-order chi connectivity index (χ0) is 14.7. The Labute approximate surface area is 106 Å². The van der Waals surface area contributed by atoms with E-state index in [4.69, 9.17) is 13.0 Å². The summed E-state index contributed by atoms with van der Waals surface area (Å²) in [4.78, 5) is 0. The lowest BCUT2D eigenvalue weighted by Crippen LogP contribution is -2.21. The Morgan fingerprint density at radius 1 is 0.947 bits per heavy atom. The van der Waals surface area contributed by atoms with E-state index >= 15 is 0 Å². The predicted octanol–water partition coefficient (Wildman–Crippen LogP) is 2.94. The highest BCUT2D eigenvalue weighted by Crippen LogP contribution is 2.23. The molecule has 0 saturated heterocycles. The van der Waals surface area contributed by atoms with Crippen LogP contribution in [0, 0.1) is 0 Å². The van der Waals surface area contributed by atoms with Crippen LogP contribution in [0.15, 0.2) is 42.5 Å². The second kappa shape index (κ2) is 5.45. The van der Waals surface area contributed by atoms with Crippen molar-refractivity contribution in [3.8, 4) is 5.75 Å². The Balaban J connectivity index is 0.000000203. The first-order valence-corrected chi connectivity index (χ1v) is 6.27. The van der Waals surface area contributed by atoms with Gasteiger partial charge in [0, 0.05) is 5.39 Å². The summed E-state index contributed by atoms with van der Waals surface area (Å²) in [5, 5.41) is 11.4. The summed E-state index contributed by atoms with van der Waals surface area (Å²) in [7, 11) is -5.84.